The van der Waals surface area contributed by atoms with Crippen LogP contribution in [0.15, 0.2) is 71.3 Å². The Kier molecular flexibility index (Phi) is 3.61. The summed E-state index contributed by atoms with van der Waals surface area (Å²) in [6.07, 6.45) is 1.94. The van der Waals surface area contributed by atoms with E-state index in [0.29, 0.717) is 6.54 Å². The van der Waals surface area contributed by atoms with Crippen LogP contribution >= 0.6 is 15.9 Å². The minimum absolute atomic E-state index is 0.110. The van der Waals surface area contributed by atoms with Crippen molar-refractivity contribution in [3.63, 3.8) is 0 Å². The van der Waals surface area contributed by atoms with Crippen LogP contribution in [0.3, 0.4) is 0 Å². The topological polar surface area (TPSA) is 20.9 Å². The lowest BCUT2D eigenvalue weighted by Gasteiger charge is -2.03. The first kappa shape index (κ1) is 13.0. The summed E-state index contributed by atoms with van der Waals surface area (Å²) in [6, 6.07) is 19.4. The van der Waals surface area contributed by atoms with E-state index in [1.807, 2.05) is 71.4 Å². The van der Waals surface area contributed by atoms with Gasteiger partial charge in [-0.1, -0.05) is 36.4 Å². The van der Waals surface area contributed by atoms with Gasteiger partial charge in [0.15, 0.2) is 6.20 Å². The number of carbonyl (C=O) groups excluding carboxylic acids is 1. The molecule has 1 aromatic heterocycles. The lowest BCUT2D eigenvalue weighted by molar-refractivity contribution is -0.657. The minimum Gasteiger partial charge on any atom is -0.287 e. The quantitative estimate of drug-likeness (QED) is 0.530. The van der Waals surface area contributed by atoms with Gasteiger partial charge in [-0.15, -0.1) is 0 Å². The standard InChI is InChI=1S/C17H13BrNO/c18-15-10-4-8-14-9-5-11-19(17(14)15)12-16(20)13-6-2-1-3-7-13/h1-11H,12H2/q+1. The Balaban J connectivity index is 2.02. The summed E-state index contributed by atoms with van der Waals surface area (Å²) in [6.45, 7) is 0.337. The number of halogens is 1. The molecule has 0 amide bonds. The van der Waals surface area contributed by atoms with Gasteiger partial charge in [-0.2, -0.15) is 4.57 Å². The van der Waals surface area contributed by atoms with Crippen LogP contribution < -0.4 is 4.57 Å². The monoisotopic (exact) mass is 326 g/mol. The lowest BCUT2D eigenvalue weighted by Crippen LogP contribution is -2.38. The number of pyridine rings is 1. The molecule has 0 aliphatic carbocycles. The van der Waals surface area contributed by atoms with Crippen LogP contribution in [0.4, 0.5) is 0 Å². The third-order valence-electron chi connectivity index (χ3n) is 3.26. The Bertz CT molecular complexity index is 763. The van der Waals surface area contributed by atoms with Crippen molar-refractivity contribution in [2.75, 3.05) is 0 Å². The van der Waals surface area contributed by atoms with Crippen LogP contribution in [0, 0.1) is 0 Å². The van der Waals surface area contributed by atoms with Crippen molar-refractivity contribution in [3.8, 4) is 0 Å². The Morgan fingerprint density at radius 1 is 0.950 bits per heavy atom. The van der Waals surface area contributed by atoms with Crippen molar-refractivity contribution in [3.05, 3.63) is 76.9 Å². The summed E-state index contributed by atoms with van der Waals surface area (Å²) >= 11 is 3.56. The van der Waals surface area contributed by atoms with Crippen molar-refractivity contribution in [2.45, 2.75) is 6.54 Å². The second-order valence-electron chi connectivity index (χ2n) is 4.60. The summed E-state index contributed by atoms with van der Waals surface area (Å²) < 4.78 is 2.98. The van der Waals surface area contributed by atoms with Gasteiger partial charge in [-0.05, 0) is 34.1 Å². The Hall–Kier alpha value is -2.00. The molecule has 0 aliphatic heterocycles. The highest BCUT2D eigenvalue weighted by atomic mass is 79.9. The van der Waals surface area contributed by atoms with Crippen LogP contribution in [0.5, 0.6) is 0 Å². The maximum atomic E-state index is 12.3. The van der Waals surface area contributed by atoms with E-state index < -0.39 is 0 Å². The highest BCUT2D eigenvalue weighted by molar-refractivity contribution is 9.10. The highest BCUT2D eigenvalue weighted by Gasteiger charge is 2.16. The van der Waals surface area contributed by atoms with Gasteiger partial charge >= 0.3 is 0 Å². The number of rotatable bonds is 3. The number of benzene rings is 2. The van der Waals surface area contributed by atoms with E-state index in [4.69, 9.17) is 0 Å². The predicted octanol–water partition coefficient (Wildman–Crippen LogP) is 3.77. The van der Waals surface area contributed by atoms with E-state index >= 15 is 0 Å². The molecule has 0 aliphatic rings. The number of aromatic nitrogens is 1. The van der Waals surface area contributed by atoms with Crippen LogP contribution in [0.1, 0.15) is 10.4 Å². The fourth-order valence-corrected chi connectivity index (χ4v) is 2.91. The number of ketones is 1. The van der Waals surface area contributed by atoms with Gasteiger partial charge in [0.05, 0.1) is 4.47 Å². The first-order valence-corrected chi connectivity index (χ1v) is 7.20. The third-order valence-corrected chi connectivity index (χ3v) is 3.90. The molecule has 0 saturated heterocycles. The summed E-state index contributed by atoms with van der Waals surface area (Å²) in [5.74, 6) is 0.110. The number of nitrogens with zero attached hydrogens (tertiary/aromatic N) is 1. The number of hydrogen-bond donors (Lipinski definition) is 0. The molecule has 0 radical (unpaired) electrons. The zero-order valence-corrected chi connectivity index (χ0v) is 12.4. The maximum absolute atomic E-state index is 12.3. The third kappa shape index (κ3) is 2.49. The SMILES string of the molecule is O=C(C[n+]1cccc2cccc(Br)c21)c1ccccc1. The summed E-state index contributed by atoms with van der Waals surface area (Å²) in [5, 5.41) is 1.11. The molecule has 3 heteroatoms. The molecule has 3 rings (SSSR count). The number of hydrogen-bond acceptors (Lipinski definition) is 1. The first-order chi connectivity index (χ1) is 9.75. The molecule has 2 nitrogen and oxygen atoms in total. The zero-order chi connectivity index (χ0) is 13.9. The van der Waals surface area contributed by atoms with Gasteiger partial charge in [0.1, 0.15) is 0 Å². The van der Waals surface area contributed by atoms with Gasteiger partial charge in [-0.3, -0.25) is 4.79 Å². The Morgan fingerprint density at radius 2 is 1.70 bits per heavy atom. The van der Waals surface area contributed by atoms with Crippen LogP contribution in [0.25, 0.3) is 10.9 Å². The molecule has 0 saturated carbocycles. The van der Waals surface area contributed by atoms with Crippen molar-refractivity contribution in [1.82, 2.24) is 0 Å². The molecule has 0 fully saturated rings. The summed E-state index contributed by atoms with van der Waals surface area (Å²) in [5.41, 5.74) is 1.78. The fraction of sp³-hybridized carbons (Fsp3) is 0.0588. The van der Waals surface area contributed by atoms with E-state index in [9.17, 15) is 4.79 Å². The second-order valence-corrected chi connectivity index (χ2v) is 5.46. The average Bonchev–Trinajstić information content (AvgIpc) is 2.48. The fourth-order valence-electron chi connectivity index (χ4n) is 2.30. The minimum atomic E-state index is 0.110. The van der Waals surface area contributed by atoms with Crippen LogP contribution in [-0.4, -0.2) is 5.78 Å². The number of fused-ring (bicyclic) bond motifs is 1. The lowest BCUT2D eigenvalue weighted by atomic mass is 10.1. The Morgan fingerprint density at radius 3 is 2.50 bits per heavy atom. The van der Waals surface area contributed by atoms with E-state index in [2.05, 4.69) is 15.9 Å². The molecule has 1 heterocycles. The van der Waals surface area contributed by atoms with Crippen LogP contribution in [0.2, 0.25) is 0 Å². The molecule has 3 aromatic rings. The second kappa shape index (κ2) is 5.55. The largest absolute Gasteiger partial charge is 0.287 e. The Labute approximate surface area is 125 Å². The number of para-hydroxylation sites is 1. The normalized spacial score (nSPS) is 10.7. The zero-order valence-electron chi connectivity index (χ0n) is 10.8. The molecule has 20 heavy (non-hydrogen) atoms. The van der Waals surface area contributed by atoms with E-state index in [1.165, 1.54) is 0 Å². The maximum Gasteiger partial charge on any atom is 0.227 e. The van der Waals surface area contributed by atoms with Crippen LogP contribution in [-0.2, 0) is 6.54 Å². The molecule has 0 atom stereocenters. The van der Waals surface area contributed by atoms with Gasteiger partial charge < -0.3 is 0 Å². The number of Topliss-reactive ketones (excluding diaryl/α,β-unsaturated/α-hetero) is 1. The molecule has 98 valence electrons. The van der Waals surface area contributed by atoms with Gasteiger partial charge in [0.2, 0.25) is 17.8 Å². The van der Waals surface area contributed by atoms with Gasteiger partial charge in [0, 0.05) is 17.0 Å². The smallest absolute Gasteiger partial charge is 0.227 e. The van der Waals surface area contributed by atoms with E-state index in [1.54, 1.807) is 0 Å². The average molecular weight is 327 g/mol. The molecular weight excluding hydrogens is 314 g/mol. The molecular formula is C17H13BrNO+. The summed E-state index contributed by atoms with van der Waals surface area (Å²) in [7, 11) is 0. The van der Waals surface area contributed by atoms with Crippen molar-refractivity contribution >= 4 is 32.6 Å². The predicted molar refractivity (Wildman–Crippen MR) is 82.6 cm³/mol. The number of carbonyl (C=O) groups is 1. The first-order valence-electron chi connectivity index (χ1n) is 6.40. The van der Waals surface area contributed by atoms with Crippen molar-refractivity contribution in [1.29, 1.82) is 0 Å². The van der Waals surface area contributed by atoms with E-state index in [-0.39, 0.29) is 5.78 Å². The molecule has 0 spiro atoms. The highest BCUT2D eigenvalue weighted by Crippen LogP contribution is 2.20. The molecule has 0 N–H and O–H groups in total. The van der Waals surface area contributed by atoms with E-state index in [0.717, 1.165) is 20.9 Å². The van der Waals surface area contributed by atoms with Crippen molar-refractivity contribution in [2.24, 2.45) is 0 Å². The summed E-state index contributed by atoms with van der Waals surface area (Å²) in [4.78, 5) is 12.3. The molecule has 0 unspecified atom stereocenters. The molecule has 2 aromatic carbocycles. The van der Waals surface area contributed by atoms with Crippen molar-refractivity contribution < 1.29 is 9.36 Å². The van der Waals surface area contributed by atoms with Gasteiger partial charge in [0.25, 0.3) is 0 Å². The van der Waals surface area contributed by atoms with Gasteiger partial charge in [-0.25, -0.2) is 0 Å². The molecule has 0 bridgehead atoms.